The Morgan fingerprint density at radius 2 is 1.81 bits per heavy atom. The quantitative estimate of drug-likeness (QED) is 0.591. The fourth-order valence-corrected chi connectivity index (χ4v) is 5.33. The number of carbonyl (C=O) groups is 1. The summed E-state index contributed by atoms with van der Waals surface area (Å²) in [6.45, 7) is 1.41. The molecule has 2 aromatic carbocycles. The van der Waals surface area contributed by atoms with Gasteiger partial charge in [-0.3, -0.25) is 0 Å². The van der Waals surface area contributed by atoms with E-state index in [1.165, 1.54) is 12.8 Å². The summed E-state index contributed by atoms with van der Waals surface area (Å²) in [5, 5.41) is 15.2. The molecule has 3 aromatic rings. The lowest BCUT2D eigenvalue weighted by Crippen LogP contribution is -2.58. The van der Waals surface area contributed by atoms with Crippen LogP contribution >= 0.6 is 11.6 Å². The minimum atomic E-state index is -0.0965. The Kier molecular flexibility index (Phi) is 5.40. The zero-order chi connectivity index (χ0) is 21.3. The predicted molar refractivity (Wildman–Crippen MR) is 120 cm³/mol. The Labute approximate surface area is 187 Å². The molecule has 0 atom stereocenters. The first-order valence-electron chi connectivity index (χ1n) is 10.8. The van der Waals surface area contributed by atoms with Gasteiger partial charge in [-0.1, -0.05) is 59.3 Å². The van der Waals surface area contributed by atoms with Crippen molar-refractivity contribution in [1.29, 1.82) is 0 Å². The van der Waals surface area contributed by atoms with E-state index >= 15 is 0 Å². The second-order valence-electron chi connectivity index (χ2n) is 9.00. The Bertz CT molecular complexity index is 1040. The molecule has 7 heteroatoms. The highest BCUT2D eigenvalue weighted by molar-refractivity contribution is 6.30. The number of benzene rings is 2. The van der Waals surface area contributed by atoms with Crippen molar-refractivity contribution < 1.29 is 4.79 Å². The monoisotopic (exact) mass is 435 g/mol. The topological polar surface area (TPSA) is 71.8 Å². The molecule has 2 amide bonds. The van der Waals surface area contributed by atoms with Crippen LogP contribution in [0.5, 0.6) is 0 Å². The molecule has 1 heterocycles. The summed E-state index contributed by atoms with van der Waals surface area (Å²) in [6.07, 6.45) is 6.38. The lowest BCUT2D eigenvalue weighted by atomic mass is 9.50. The molecule has 0 aliphatic heterocycles. The van der Waals surface area contributed by atoms with Crippen LogP contribution in [0.1, 0.15) is 31.2 Å². The zero-order valence-corrected chi connectivity index (χ0v) is 18.1. The molecular formula is C24H26ClN5O. The van der Waals surface area contributed by atoms with Gasteiger partial charge < -0.3 is 10.6 Å². The fourth-order valence-electron chi connectivity index (χ4n) is 5.21. The van der Waals surface area contributed by atoms with Crippen molar-refractivity contribution in [2.24, 2.45) is 11.3 Å². The van der Waals surface area contributed by atoms with Crippen LogP contribution in [0.15, 0.2) is 60.8 Å². The third-order valence-electron chi connectivity index (χ3n) is 6.62. The van der Waals surface area contributed by atoms with Crippen LogP contribution in [-0.2, 0) is 13.1 Å². The SMILES string of the molecule is O=C(NCc1ccc(Cl)cc1)NC1CC2(CC(Cn3nncc3-c3ccccc3)C2)C1. The summed E-state index contributed by atoms with van der Waals surface area (Å²) in [5.74, 6) is 0.629. The van der Waals surface area contributed by atoms with Crippen LogP contribution in [0, 0.1) is 11.3 Å². The van der Waals surface area contributed by atoms with Crippen LogP contribution in [-0.4, -0.2) is 27.1 Å². The van der Waals surface area contributed by atoms with E-state index in [-0.39, 0.29) is 12.1 Å². The van der Waals surface area contributed by atoms with Gasteiger partial charge in [-0.05, 0) is 54.7 Å². The fraction of sp³-hybridized carbons (Fsp3) is 0.375. The molecule has 1 aromatic heterocycles. The number of urea groups is 1. The largest absolute Gasteiger partial charge is 0.335 e. The highest BCUT2D eigenvalue weighted by Gasteiger charge is 2.53. The van der Waals surface area contributed by atoms with Gasteiger partial charge in [0.2, 0.25) is 0 Å². The van der Waals surface area contributed by atoms with Gasteiger partial charge in [0.05, 0.1) is 11.9 Å². The van der Waals surface area contributed by atoms with Crippen LogP contribution in [0.2, 0.25) is 5.02 Å². The van der Waals surface area contributed by atoms with E-state index in [4.69, 9.17) is 11.6 Å². The highest BCUT2D eigenvalue weighted by Crippen LogP contribution is 2.59. The second-order valence-corrected chi connectivity index (χ2v) is 9.44. The van der Waals surface area contributed by atoms with Crippen LogP contribution < -0.4 is 10.6 Å². The van der Waals surface area contributed by atoms with Gasteiger partial charge >= 0.3 is 6.03 Å². The van der Waals surface area contributed by atoms with Gasteiger partial charge in [0, 0.05) is 29.7 Å². The minimum absolute atomic E-state index is 0.0965. The maximum atomic E-state index is 12.2. The Morgan fingerprint density at radius 3 is 2.55 bits per heavy atom. The second kappa shape index (κ2) is 8.35. The first-order chi connectivity index (χ1) is 15.1. The molecule has 2 saturated carbocycles. The summed E-state index contributed by atoms with van der Waals surface area (Å²) in [7, 11) is 0. The third-order valence-corrected chi connectivity index (χ3v) is 6.87. The Hall–Kier alpha value is -2.86. The molecule has 0 saturated heterocycles. The zero-order valence-electron chi connectivity index (χ0n) is 17.3. The molecule has 160 valence electrons. The maximum absolute atomic E-state index is 12.2. The van der Waals surface area contributed by atoms with E-state index in [9.17, 15) is 4.79 Å². The first-order valence-corrected chi connectivity index (χ1v) is 11.2. The number of nitrogens with one attached hydrogen (secondary N) is 2. The van der Waals surface area contributed by atoms with Crippen molar-refractivity contribution in [3.63, 3.8) is 0 Å². The van der Waals surface area contributed by atoms with Gasteiger partial charge in [0.1, 0.15) is 0 Å². The van der Waals surface area contributed by atoms with Crippen molar-refractivity contribution in [1.82, 2.24) is 25.6 Å². The molecular weight excluding hydrogens is 410 g/mol. The predicted octanol–water partition coefficient (Wildman–Crippen LogP) is 4.66. The van der Waals surface area contributed by atoms with Gasteiger partial charge in [-0.25, -0.2) is 9.48 Å². The molecule has 5 rings (SSSR count). The number of nitrogens with zero attached hydrogens (tertiary/aromatic N) is 3. The maximum Gasteiger partial charge on any atom is 0.315 e. The molecule has 31 heavy (non-hydrogen) atoms. The number of amides is 2. The van der Waals surface area contributed by atoms with Gasteiger partial charge in [-0.2, -0.15) is 0 Å². The minimum Gasteiger partial charge on any atom is -0.335 e. The van der Waals surface area contributed by atoms with Crippen molar-refractivity contribution in [3.8, 4) is 11.3 Å². The standard InChI is InChI=1S/C24H26ClN5O/c25-20-8-6-17(7-9-20)14-26-23(31)28-21-12-24(13-21)10-18(11-24)16-30-22(15-27-29-30)19-4-2-1-3-5-19/h1-9,15,18,21H,10-14,16H2,(H2,26,28,31). The molecule has 1 spiro atoms. The van der Waals surface area contributed by atoms with Gasteiger partial charge in [0.15, 0.2) is 0 Å². The molecule has 0 unspecified atom stereocenters. The molecule has 0 bridgehead atoms. The number of aromatic nitrogens is 3. The normalized spacial score (nSPS) is 24.3. The number of hydrogen-bond donors (Lipinski definition) is 2. The summed E-state index contributed by atoms with van der Waals surface area (Å²) in [6, 6.07) is 18.0. The lowest BCUT2D eigenvalue weighted by Gasteiger charge is -2.57. The van der Waals surface area contributed by atoms with Crippen LogP contribution in [0.4, 0.5) is 4.79 Å². The van der Waals surface area contributed by atoms with Crippen LogP contribution in [0.3, 0.4) is 0 Å². The van der Waals surface area contributed by atoms with Crippen molar-refractivity contribution in [2.75, 3.05) is 0 Å². The first kappa shape index (κ1) is 20.1. The number of carbonyl (C=O) groups excluding carboxylic acids is 1. The summed E-state index contributed by atoms with van der Waals surface area (Å²) in [4.78, 5) is 12.2. The van der Waals surface area contributed by atoms with E-state index in [1.54, 1.807) is 0 Å². The summed E-state index contributed by atoms with van der Waals surface area (Å²) < 4.78 is 2.03. The average Bonchev–Trinajstić information content (AvgIpc) is 3.19. The van der Waals surface area contributed by atoms with E-state index < -0.39 is 0 Å². The molecule has 2 N–H and O–H groups in total. The smallest absolute Gasteiger partial charge is 0.315 e. The Balaban J connectivity index is 1.05. The molecule has 2 fully saturated rings. The Morgan fingerprint density at radius 1 is 1.06 bits per heavy atom. The molecule has 0 radical (unpaired) electrons. The molecule has 2 aliphatic rings. The summed E-state index contributed by atoms with van der Waals surface area (Å²) in [5.41, 5.74) is 3.67. The molecule has 2 aliphatic carbocycles. The van der Waals surface area contributed by atoms with E-state index in [2.05, 4.69) is 33.1 Å². The van der Waals surface area contributed by atoms with E-state index in [0.717, 1.165) is 36.2 Å². The number of rotatable bonds is 6. The summed E-state index contributed by atoms with van der Waals surface area (Å²) >= 11 is 5.89. The van der Waals surface area contributed by atoms with Crippen molar-refractivity contribution >= 4 is 17.6 Å². The van der Waals surface area contributed by atoms with Crippen molar-refractivity contribution in [2.45, 2.75) is 44.8 Å². The van der Waals surface area contributed by atoms with E-state index in [1.807, 2.05) is 53.3 Å². The number of halogens is 1. The van der Waals surface area contributed by atoms with Gasteiger partial charge in [0.25, 0.3) is 0 Å². The molecule has 6 nitrogen and oxygen atoms in total. The van der Waals surface area contributed by atoms with Gasteiger partial charge in [-0.15, -0.1) is 5.10 Å². The van der Waals surface area contributed by atoms with Crippen molar-refractivity contribution in [3.05, 3.63) is 71.4 Å². The van der Waals surface area contributed by atoms with E-state index in [0.29, 0.717) is 22.9 Å². The highest BCUT2D eigenvalue weighted by atomic mass is 35.5. The average molecular weight is 436 g/mol. The lowest BCUT2D eigenvalue weighted by molar-refractivity contribution is -0.0525. The van der Waals surface area contributed by atoms with Crippen LogP contribution in [0.25, 0.3) is 11.3 Å². The number of hydrogen-bond acceptors (Lipinski definition) is 3. The third kappa shape index (κ3) is 4.44.